The average molecular weight is 629 g/mol. The third-order valence-electron chi connectivity index (χ3n) is 8.42. The molecule has 0 aliphatic rings. The van der Waals surface area contributed by atoms with E-state index in [1.807, 2.05) is 36.4 Å². The quantitative estimate of drug-likeness (QED) is 0.161. The molecule has 0 fully saturated rings. The number of ether oxygens (including phenoxy) is 3. The van der Waals surface area contributed by atoms with Crippen LogP contribution in [0.3, 0.4) is 0 Å². The Morgan fingerprint density at radius 3 is 1.40 bits per heavy atom. The van der Waals surface area contributed by atoms with Gasteiger partial charge >= 0.3 is 6.09 Å². The maximum atomic E-state index is 12.7. The molecule has 0 spiro atoms. The molecule has 0 saturated carbocycles. The van der Waals surface area contributed by atoms with Crippen LogP contribution < -0.4 is 24.8 Å². The lowest BCUT2D eigenvalue weighted by atomic mass is 9.73. The van der Waals surface area contributed by atoms with Gasteiger partial charge in [0.2, 0.25) is 5.91 Å². The molecule has 5 rings (SSSR count). The maximum absolute atomic E-state index is 12.7. The van der Waals surface area contributed by atoms with Crippen LogP contribution in [-0.4, -0.2) is 19.1 Å². The minimum absolute atomic E-state index is 0.135. The number of methoxy groups -OCH3 is 1. The van der Waals surface area contributed by atoms with E-state index in [9.17, 15) is 9.59 Å². The number of anilines is 2. The van der Waals surface area contributed by atoms with Crippen LogP contribution >= 0.6 is 0 Å². The number of carbonyl (C=O) groups excluding carboxylic acids is 2. The molecule has 240 valence electrons. The zero-order valence-corrected chi connectivity index (χ0v) is 27.6. The highest BCUT2D eigenvalue weighted by Gasteiger charge is 2.28. The van der Waals surface area contributed by atoms with Gasteiger partial charge in [0.25, 0.3) is 0 Å². The Morgan fingerprint density at radius 2 is 0.957 bits per heavy atom. The topological polar surface area (TPSA) is 85.9 Å². The van der Waals surface area contributed by atoms with Crippen LogP contribution in [0.25, 0.3) is 0 Å². The molecule has 2 amide bonds. The molecule has 7 heteroatoms. The van der Waals surface area contributed by atoms with E-state index in [1.165, 1.54) is 23.6 Å². The van der Waals surface area contributed by atoms with E-state index >= 15 is 0 Å². The molecule has 2 N–H and O–H groups in total. The number of rotatable bonds is 10. The predicted octanol–water partition coefficient (Wildman–Crippen LogP) is 9.71. The molecule has 0 aliphatic heterocycles. The Hall–Kier alpha value is -5.56. The van der Waals surface area contributed by atoms with Crippen molar-refractivity contribution >= 4 is 23.4 Å². The molecule has 5 aromatic carbocycles. The zero-order valence-electron chi connectivity index (χ0n) is 27.6. The first-order valence-corrected chi connectivity index (χ1v) is 15.4. The van der Waals surface area contributed by atoms with E-state index in [1.54, 1.807) is 55.6 Å². The summed E-state index contributed by atoms with van der Waals surface area (Å²) in [4.78, 5) is 23.8. The Balaban J connectivity index is 1.19. The third-order valence-corrected chi connectivity index (χ3v) is 8.42. The van der Waals surface area contributed by atoms with Gasteiger partial charge in [-0.2, -0.15) is 0 Å². The van der Waals surface area contributed by atoms with Crippen LogP contribution in [0.2, 0.25) is 0 Å². The summed E-state index contributed by atoms with van der Waals surface area (Å²) in [7, 11) is 1.68. The van der Waals surface area contributed by atoms with Crippen molar-refractivity contribution in [2.75, 3.05) is 17.7 Å². The molecule has 0 heterocycles. The lowest BCUT2D eigenvalue weighted by Gasteiger charge is -2.31. The molecule has 0 radical (unpaired) electrons. The monoisotopic (exact) mass is 628 g/mol. The molecular weight excluding hydrogens is 588 g/mol. The summed E-state index contributed by atoms with van der Waals surface area (Å²) in [5.41, 5.74) is 5.51. The van der Waals surface area contributed by atoms with Gasteiger partial charge in [-0.3, -0.25) is 10.1 Å². The lowest BCUT2D eigenvalue weighted by Crippen LogP contribution is -2.23. The Bertz CT molecular complexity index is 1830. The Morgan fingerprint density at radius 1 is 0.532 bits per heavy atom. The van der Waals surface area contributed by atoms with E-state index in [0.29, 0.717) is 28.6 Å². The molecule has 0 aliphatic carbocycles. The van der Waals surface area contributed by atoms with Gasteiger partial charge in [0.05, 0.1) is 7.11 Å². The highest BCUT2D eigenvalue weighted by Crippen LogP contribution is 2.38. The second-order valence-corrected chi connectivity index (χ2v) is 12.4. The largest absolute Gasteiger partial charge is 0.497 e. The molecular formula is C40H40N2O5. The minimum Gasteiger partial charge on any atom is -0.497 e. The summed E-state index contributed by atoms with van der Waals surface area (Å²) < 4.78 is 16.8. The highest BCUT2D eigenvalue weighted by molar-refractivity contribution is 5.88. The highest BCUT2D eigenvalue weighted by atomic mass is 16.6. The minimum atomic E-state index is -0.590. The fourth-order valence-electron chi connectivity index (χ4n) is 5.38. The first kappa shape index (κ1) is 32.8. The summed E-state index contributed by atoms with van der Waals surface area (Å²) in [6.45, 7) is 10.3. The Labute approximate surface area is 276 Å². The van der Waals surface area contributed by atoms with Crippen molar-refractivity contribution < 1.29 is 23.8 Å². The van der Waals surface area contributed by atoms with Crippen LogP contribution in [0.1, 0.15) is 56.9 Å². The summed E-state index contributed by atoms with van der Waals surface area (Å²) >= 11 is 0. The molecule has 5 aromatic rings. The SMILES string of the molecule is COc1ccc(C(C)(C)c2cccc(C(C)(C)c3ccc(OC(=O)Nc4ccc(Oc5ccc(NC(C)=O)cc5)cc4)cc3)c2)cc1. The number of nitrogens with one attached hydrogen (secondary N) is 2. The third kappa shape index (κ3) is 8.00. The van der Waals surface area contributed by atoms with Crippen LogP contribution in [0.5, 0.6) is 23.0 Å². The van der Waals surface area contributed by atoms with E-state index in [4.69, 9.17) is 14.2 Å². The zero-order chi connectivity index (χ0) is 33.6. The summed E-state index contributed by atoms with van der Waals surface area (Å²) in [5.74, 6) is 2.37. The van der Waals surface area contributed by atoms with Crippen molar-refractivity contribution in [1.29, 1.82) is 0 Å². The first-order chi connectivity index (χ1) is 22.4. The summed E-state index contributed by atoms with van der Waals surface area (Å²) in [6.07, 6.45) is -0.590. The number of amides is 2. The van der Waals surface area contributed by atoms with Gasteiger partial charge in [0.1, 0.15) is 23.0 Å². The van der Waals surface area contributed by atoms with Gasteiger partial charge in [0, 0.05) is 29.1 Å². The second kappa shape index (κ2) is 13.8. The average Bonchev–Trinajstić information content (AvgIpc) is 3.06. The van der Waals surface area contributed by atoms with Crippen molar-refractivity contribution in [3.05, 3.63) is 144 Å². The van der Waals surface area contributed by atoms with Crippen LogP contribution in [0.15, 0.2) is 121 Å². The van der Waals surface area contributed by atoms with Crippen molar-refractivity contribution in [3.8, 4) is 23.0 Å². The second-order valence-electron chi connectivity index (χ2n) is 12.4. The number of carbonyl (C=O) groups is 2. The molecule has 0 atom stereocenters. The molecule has 47 heavy (non-hydrogen) atoms. The standard InChI is InChI=1S/C40H40N2O5/c1-27(43)41-32-14-22-35(23-15-32)46-36-24-16-33(17-25-36)42-38(44)47-37-20-12-29(13-21-37)40(4,5)31-9-7-8-30(26-31)39(2,3)28-10-18-34(45-6)19-11-28/h7-26H,1-6H3,(H,41,43)(H,42,44). The predicted molar refractivity (Wildman–Crippen MR) is 187 cm³/mol. The molecule has 7 nitrogen and oxygen atoms in total. The smallest absolute Gasteiger partial charge is 0.417 e. The molecule has 0 bridgehead atoms. The number of benzene rings is 5. The fourth-order valence-corrected chi connectivity index (χ4v) is 5.38. The van der Waals surface area contributed by atoms with E-state index < -0.39 is 6.09 Å². The number of hydrogen-bond acceptors (Lipinski definition) is 5. The summed E-state index contributed by atoms with van der Waals surface area (Å²) in [6, 6.07) is 38.6. The van der Waals surface area contributed by atoms with Crippen molar-refractivity contribution in [1.82, 2.24) is 0 Å². The van der Waals surface area contributed by atoms with Crippen LogP contribution in [0, 0.1) is 0 Å². The molecule has 0 aromatic heterocycles. The van der Waals surface area contributed by atoms with E-state index in [-0.39, 0.29) is 16.7 Å². The number of hydrogen-bond donors (Lipinski definition) is 2. The fraction of sp³-hybridized carbons (Fsp3) is 0.200. The lowest BCUT2D eigenvalue weighted by molar-refractivity contribution is -0.114. The molecule has 0 unspecified atom stereocenters. The molecule has 0 saturated heterocycles. The van der Waals surface area contributed by atoms with Gasteiger partial charge in [-0.1, -0.05) is 76.2 Å². The first-order valence-electron chi connectivity index (χ1n) is 15.4. The van der Waals surface area contributed by atoms with Crippen molar-refractivity contribution in [3.63, 3.8) is 0 Å². The van der Waals surface area contributed by atoms with Gasteiger partial charge in [-0.25, -0.2) is 4.79 Å². The normalized spacial score (nSPS) is 11.4. The van der Waals surface area contributed by atoms with Crippen molar-refractivity contribution in [2.24, 2.45) is 0 Å². The van der Waals surface area contributed by atoms with Crippen molar-refractivity contribution in [2.45, 2.75) is 45.4 Å². The van der Waals surface area contributed by atoms with E-state index in [0.717, 1.165) is 11.3 Å². The van der Waals surface area contributed by atoms with Crippen LogP contribution in [-0.2, 0) is 15.6 Å². The van der Waals surface area contributed by atoms with Gasteiger partial charge in [-0.05, 0) is 95.1 Å². The Kier molecular flexibility index (Phi) is 9.66. The van der Waals surface area contributed by atoms with Crippen LogP contribution in [0.4, 0.5) is 16.2 Å². The summed E-state index contributed by atoms with van der Waals surface area (Å²) in [5, 5.41) is 5.47. The van der Waals surface area contributed by atoms with Gasteiger partial charge < -0.3 is 19.5 Å². The maximum Gasteiger partial charge on any atom is 0.417 e. The van der Waals surface area contributed by atoms with Gasteiger partial charge in [-0.15, -0.1) is 0 Å². The van der Waals surface area contributed by atoms with Gasteiger partial charge in [0.15, 0.2) is 0 Å². The van der Waals surface area contributed by atoms with E-state index in [2.05, 4.69) is 74.7 Å².